The SMILES string of the molecule is Clc1ccc(Cl)c(CN2CCNc3ncc(-c4ccc(N5CCCC5)nc4)cc32)c1. The van der Waals surface area contributed by atoms with Crippen LogP contribution in [0.15, 0.2) is 48.8 Å². The van der Waals surface area contributed by atoms with Crippen LogP contribution in [0.2, 0.25) is 10.0 Å². The maximum Gasteiger partial charge on any atom is 0.149 e. The molecule has 1 N–H and O–H groups in total. The number of fused-ring (bicyclic) bond motifs is 1. The predicted octanol–water partition coefficient (Wildman–Crippen LogP) is 5.48. The molecule has 5 rings (SSSR count). The highest BCUT2D eigenvalue weighted by Crippen LogP contribution is 2.34. The number of pyridine rings is 2. The van der Waals surface area contributed by atoms with Gasteiger partial charge in [-0.3, -0.25) is 0 Å². The highest BCUT2D eigenvalue weighted by atomic mass is 35.5. The zero-order chi connectivity index (χ0) is 20.5. The summed E-state index contributed by atoms with van der Waals surface area (Å²) in [5, 5.41) is 4.82. The van der Waals surface area contributed by atoms with Crippen LogP contribution < -0.4 is 15.1 Å². The molecule has 4 heterocycles. The second-order valence-electron chi connectivity index (χ2n) is 7.78. The summed E-state index contributed by atoms with van der Waals surface area (Å²) >= 11 is 12.6. The molecule has 0 spiro atoms. The van der Waals surface area contributed by atoms with Gasteiger partial charge in [-0.15, -0.1) is 0 Å². The summed E-state index contributed by atoms with van der Waals surface area (Å²) in [6, 6.07) is 12.0. The molecule has 2 aromatic heterocycles. The van der Waals surface area contributed by atoms with Gasteiger partial charge < -0.3 is 15.1 Å². The third kappa shape index (κ3) is 3.92. The van der Waals surface area contributed by atoms with Gasteiger partial charge in [0.05, 0.1) is 5.69 Å². The van der Waals surface area contributed by atoms with E-state index in [1.807, 2.05) is 30.6 Å². The summed E-state index contributed by atoms with van der Waals surface area (Å²) in [5.41, 5.74) is 4.21. The van der Waals surface area contributed by atoms with Gasteiger partial charge in [0.1, 0.15) is 11.6 Å². The van der Waals surface area contributed by atoms with Gasteiger partial charge in [0.2, 0.25) is 0 Å². The molecule has 0 saturated carbocycles. The lowest BCUT2D eigenvalue weighted by atomic mass is 10.1. The molecule has 3 aromatic rings. The summed E-state index contributed by atoms with van der Waals surface area (Å²) in [5.74, 6) is 1.95. The molecule has 0 radical (unpaired) electrons. The second kappa shape index (κ2) is 8.32. The van der Waals surface area contributed by atoms with E-state index in [-0.39, 0.29) is 0 Å². The zero-order valence-electron chi connectivity index (χ0n) is 16.6. The Morgan fingerprint density at radius 2 is 1.73 bits per heavy atom. The van der Waals surface area contributed by atoms with Crippen LogP contribution >= 0.6 is 23.2 Å². The van der Waals surface area contributed by atoms with Crippen molar-refractivity contribution in [3.8, 4) is 11.1 Å². The van der Waals surface area contributed by atoms with Crippen LogP contribution in [0.25, 0.3) is 11.1 Å². The summed E-state index contributed by atoms with van der Waals surface area (Å²) in [6.07, 6.45) is 6.36. The van der Waals surface area contributed by atoms with Gasteiger partial charge in [0.15, 0.2) is 0 Å². The first-order valence-electron chi connectivity index (χ1n) is 10.3. The molecule has 0 atom stereocenters. The fraction of sp³-hybridized carbons (Fsp3) is 0.304. The van der Waals surface area contributed by atoms with Crippen molar-refractivity contribution in [3.63, 3.8) is 0 Å². The Balaban J connectivity index is 1.42. The molecule has 1 fully saturated rings. The minimum Gasteiger partial charge on any atom is -0.367 e. The molecule has 2 aliphatic rings. The Morgan fingerprint density at radius 1 is 0.900 bits per heavy atom. The van der Waals surface area contributed by atoms with E-state index < -0.39 is 0 Å². The molecule has 30 heavy (non-hydrogen) atoms. The number of halogens is 2. The first kappa shape index (κ1) is 19.5. The normalized spacial score (nSPS) is 15.8. The number of nitrogens with zero attached hydrogens (tertiary/aromatic N) is 4. The van der Waals surface area contributed by atoms with Gasteiger partial charge in [0.25, 0.3) is 0 Å². The number of benzene rings is 1. The largest absolute Gasteiger partial charge is 0.367 e. The predicted molar refractivity (Wildman–Crippen MR) is 125 cm³/mol. The molecular weight excluding hydrogens is 417 g/mol. The summed E-state index contributed by atoms with van der Waals surface area (Å²) in [6.45, 7) is 4.58. The lowest BCUT2D eigenvalue weighted by molar-refractivity contribution is 0.781. The maximum atomic E-state index is 6.41. The van der Waals surface area contributed by atoms with Gasteiger partial charge in [-0.05, 0) is 54.8 Å². The minimum absolute atomic E-state index is 0.686. The second-order valence-corrected chi connectivity index (χ2v) is 8.62. The Hall–Kier alpha value is -2.50. The average molecular weight is 440 g/mol. The van der Waals surface area contributed by atoms with E-state index in [0.29, 0.717) is 11.6 Å². The minimum atomic E-state index is 0.686. The van der Waals surface area contributed by atoms with Crippen molar-refractivity contribution in [1.82, 2.24) is 9.97 Å². The monoisotopic (exact) mass is 439 g/mol. The van der Waals surface area contributed by atoms with Crippen LogP contribution in [0, 0.1) is 0 Å². The molecule has 2 aliphatic heterocycles. The van der Waals surface area contributed by atoms with Crippen LogP contribution in [-0.2, 0) is 6.54 Å². The number of aromatic nitrogens is 2. The molecule has 1 aromatic carbocycles. The number of anilines is 3. The van der Waals surface area contributed by atoms with Crippen molar-refractivity contribution < 1.29 is 0 Å². The topological polar surface area (TPSA) is 44.3 Å². The smallest absolute Gasteiger partial charge is 0.149 e. The molecule has 1 saturated heterocycles. The van der Waals surface area contributed by atoms with E-state index >= 15 is 0 Å². The van der Waals surface area contributed by atoms with E-state index in [1.54, 1.807) is 0 Å². The molecular formula is C23H23Cl2N5. The first-order chi connectivity index (χ1) is 14.7. The van der Waals surface area contributed by atoms with Crippen molar-refractivity contribution in [3.05, 3.63) is 64.4 Å². The van der Waals surface area contributed by atoms with Crippen molar-refractivity contribution >= 4 is 40.5 Å². The fourth-order valence-corrected chi connectivity index (χ4v) is 4.51. The molecule has 0 amide bonds. The van der Waals surface area contributed by atoms with Gasteiger partial charge in [-0.25, -0.2) is 9.97 Å². The molecule has 154 valence electrons. The van der Waals surface area contributed by atoms with Gasteiger partial charge in [-0.2, -0.15) is 0 Å². The molecule has 0 bridgehead atoms. The number of nitrogens with one attached hydrogen (secondary N) is 1. The van der Waals surface area contributed by atoms with Gasteiger partial charge in [0, 0.05) is 66.3 Å². The number of hydrogen-bond donors (Lipinski definition) is 1. The zero-order valence-corrected chi connectivity index (χ0v) is 18.1. The third-order valence-corrected chi connectivity index (χ3v) is 6.37. The highest BCUT2D eigenvalue weighted by Gasteiger charge is 2.20. The average Bonchev–Trinajstić information content (AvgIpc) is 3.31. The van der Waals surface area contributed by atoms with Crippen molar-refractivity contribution in [2.75, 3.05) is 41.3 Å². The number of rotatable bonds is 4. The summed E-state index contributed by atoms with van der Waals surface area (Å²) < 4.78 is 0. The molecule has 7 heteroatoms. The molecule has 5 nitrogen and oxygen atoms in total. The standard InChI is InChI=1S/C23H23Cl2N5/c24-19-4-5-20(25)18(11-19)15-30-10-7-26-23-21(30)12-17(14-28-23)16-3-6-22(27-13-16)29-8-1-2-9-29/h3-6,11-14H,1-2,7-10,15H2,(H,26,28). The highest BCUT2D eigenvalue weighted by molar-refractivity contribution is 6.33. The van der Waals surface area contributed by atoms with Crippen LogP contribution in [0.5, 0.6) is 0 Å². The lowest BCUT2D eigenvalue weighted by Gasteiger charge is -2.32. The van der Waals surface area contributed by atoms with E-state index in [4.69, 9.17) is 28.2 Å². The molecule has 0 aliphatic carbocycles. The van der Waals surface area contributed by atoms with E-state index in [9.17, 15) is 0 Å². The number of hydrogen-bond acceptors (Lipinski definition) is 5. The first-order valence-corrected chi connectivity index (χ1v) is 11.1. The Morgan fingerprint density at radius 3 is 2.53 bits per heavy atom. The molecule has 0 unspecified atom stereocenters. The van der Waals surface area contributed by atoms with Crippen LogP contribution in [0.3, 0.4) is 0 Å². The fourth-order valence-electron chi connectivity index (χ4n) is 4.14. The quantitative estimate of drug-likeness (QED) is 0.582. The summed E-state index contributed by atoms with van der Waals surface area (Å²) in [4.78, 5) is 14.0. The van der Waals surface area contributed by atoms with E-state index in [0.717, 1.165) is 65.2 Å². The van der Waals surface area contributed by atoms with E-state index in [1.165, 1.54) is 12.8 Å². The van der Waals surface area contributed by atoms with Gasteiger partial charge in [-0.1, -0.05) is 23.2 Å². The third-order valence-electron chi connectivity index (χ3n) is 5.76. The lowest BCUT2D eigenvalue weighted by Crippen LogP contribution is -2.34. The Kier molecular flexibility index (Phi) is 5.40. The van der Waals surface area contributed by atoms with E-state index in [2.05, 4.69) is 38.3 Å². The Labute approximate surface area is 186 Å². The van der Waals surface area contributed by atoms with Crippen LogP contribution in [0.1, 0.15) is 18.4 Å². The van der Waals surface area contributed by atoms with Crippen molar-refractivity contribution in [2.24, 2.45) is 0 Å². The van der Waals surface area contributed by atoms with Crippen molar-refractivity contribution in [1.29, 1.82) is 0 Å². The maximum absolute atomic E-state index is 6.41. The van der Waals surface area contributed by atoms with Gasteiger partial charge >= 0.3 is 0 Å². The Bertz CT molecular complexity index is 1050. The van der Waals surface area contributed by atoms with Crippen molar-refractivity contribution in [2.45, 2.75) is 19.4 Å². The summed E-state index contributed by atoms with van der Waals surface area (Å²) in [7, 11) is 0. The van der Waals surface area contributed by atoms with Crippen LogP contribution in [-0.4, -0.2) is 36.1 Å². The van der Waals surface area contributed by atoms with Crippen LogP contribution in [0.4, 0.5) is 17.3 Å².